The number of carbonyl (C=O) groups is 3. The first-order chi connectivity index (χ1) is 14.6. The summed E-state index contributed by atoms with van der Waals surface area (Å²) in [5.41, 5.74) is 1.65. The van der Waals surface area contributed by atoms with Gasteiger partial charge < -0.3 is 5.32 Å². The Kier molecular flexibility index (Phi) is 5.90. The summed E-state index contributed by atoms with van der Waals surface area (Å²) in [6.45, 7) is 0. The van der Waals surface area contributed by atoms with Crippen molar-refractivity contribution in [2.24, 2.45) is 0 Å². The topological polar surface area (TPSA) is 79.4 Å². The van der Waals surface area contributed by atoms with Crippen LogP contribution in [0.3, 0.4) is 0 Å². The Morgan fingerprint density at radius 2 is 1.60 bits per heavy atom. The van der Waals surface area contributed by atoms with E-state index in [1.807, 2.05) is 30.3 Å². The molecule has 0 atom stereocenters. The van der Waals surface area contributed by atoms with Crippen molar-refractivity contribution in [1.29, 1.82) is 0 Å². The van der Waals surface area contributed by atoms with Crippen LogP contribution in [-0.4, -0.2) is 22.7 Å². The Labute approximate surface area is 178 Å². The summed E-state index contributed by atoms with van der Waals surface area (Å²) in [5.74, 6) is -0.611. The maximum absolute atomic E-state index is 12.5. The SMILES string of the molecule is O=C(Nc1ccc(N2C(=O)CCCC2=O)cc1)c1ccc(Sc2ccccn2)cc1. The highest BCUT2D eigenvalue weighted by molar-refractivity contribution is 7.99. The first kappa shape index (κ1) is 19.8. The smallest absolute Gasteiger partial charge is 0.255 e. The van der Waals surface area contributed by atoms with E-state index in [2.05, 4.69) is 10.3 Å². The van der Waals surface area contributed by atoms with Gasteiger partial charge in [0.05, 0.1) is 5.69 Å². The summed E-state index contributed by atoms with van der Waals surface area (Å²) in [6, 6.07) is 19.7. The third-order valence-corrected chi connectivity index (χ3v) is 5.60. The van der Waals surface area contributed by atoms with E-state index in [-0.39, 0.29) is 17.7 Å². The molecule has 1 saturated heterocycles. The largest absolute Gasteiger partial charge is 0.322 e. The van der Waals surface area contributed by atoms with Crippen LogP contribution in [0.2, 0.25) is 0 Å². The molecule has 0 aliphatic carbocycles. The molecule has 1 fully saturated rings. The average molecular weight is 417 g/mol. The van der Waals surface area contributed by atoms with Crippen molar-refractivity contribution in [3.8, 4) is 0 Å². The van der Waals surface area contributed by atoms with E-state index in [1.54, 1.807) is 42.6 Å². The lowest BCUT2D eigenvalue weighted by Gasteiger charge is -2.24. The third kappa shape index (κ3) is 4.58. The van der Waals surface area contributed by atoms with Gasteiger partial charge in [-0.1, -0.05) is 17.8 Å². The predicted octanol–water partition coefficient (Wildman–Crippen LogP) is 4.53. The molecular weight excluding hydrogens is 398 g/mol. The molecule has 0 radical (unpaired) electrons. The lowest BCUT2D eigenvalue weighted by Crippen LogP contribution is -2.40. The molecule has 3 aromatic rings. The van der Waals surface area contributed by atoms with Gasteiger partial charge in [0.25, 0.3) is 5.91 Å². The molecule has 1 aliphatic heterocycles. The number of aromatic nitrogens is 1. The van der Waals surface area contributed by atoms with Crippen LogP contribution in [0.1, 0.15) is 29.6 Å². The maximum Gasteiger partial charge on any atom is 0.255 e. The van der Waals surface area contributed by atoms with Gasteiger partial charge in [0.15, 0.2) is 0 Å². The van der Waals surface area contributed by atoms with Gasteiger partial charge in [-0.05, 0) is 67.1 Å². The number of rotatable bonds is 5. The Morgan fingerprint density at radius 1 is 0.900 bits per heavy atom. The number of imide groups is 1. The molecule has 1 aliphatic rings. The monoisotopic (exact) mass is 417 g/mol. The molecule has 6 nitrogen and oxygen atoms in total. The maximum atomic E-state index is 12.5. The van der Waals surface area contributed by atoms with Crippen LogP contribution in [-0.2, 0) is 9.59 Å². The zero-order valence-electron chi connectivity index (χ0n) is 16.1. The minimum absolute atomic E-state index is 0.188. The standard InChI is InChI=1S/C23H19N3O3S/c27-21-5-3-6-22(28)26(21)18-11-9-17(10-12-18)25-23(29)16-7-13-19(14-8-16)30-20-4-1-2-15-24-20/h1-2,4,7-15H,3,5-6H2,(H,25,29). The fourth-order valence-corrected chi connectivity index (χ4v) is 3.92. The molecule has 1 aromatic heterocycles. The highest BCUT2D eigenvalue weighted by atomic mass is 32.2. The Hall–Kier alpha value is -3.45. The van der Waals surface area contributed by atoms with Crippen molar-refractivity contribution in [3.05, 3.63) is 78.5 Å². The quantitative estimate of drug-likeness (QED) is 0.617. The summed E-state index contributed by atoms with van der Waals surface area (Å²) < 4.78 is 0. The zero-order valence-corrected chi connectivity index (χ0v) is 16.9. The van der Waals surface area contributed by atoms with E-state index >= 15 is 0 Å². The lowest BCUT2D eigenvalue weighted by molar-refractivity contribution is -0.129. The van der Waals surface area contributed by atoms with E-state index < -0.39 is 0 Å². The fourth-order valence-electron chi connectivity index (χ4n) is 3.14. The van der Waals surface area contributed by atoms with Crippen LogP contribution in [0, 0.1) is 0 Å². The molecule has 0 bridgehead atoms. The fraction of sp³-hybridized carbons (Fsp3) is 0.130. The summed E-state index contributed by atoms with van der Waals surface area (Å²) >= 11 is 1.52. The van der Waals surface area contributed by atoms with E-state index in [0.29, 0.717) is 36.2 Å². The predicted molar refractivity (Wildman–Crippen MR) is 116 cm³/mol. The van der Waals surface area contributed by atoms with Gasteiger partial charge in [-0.2, -0.15) is 0 Å². The van der Waals surface area contributed by atoms with Crippen molar-refractivity contribution < 1.29 is 14.4 Å². The Balaban J connectivity index is 1.40. The summed E-state index contributed by atoms with van der Waals surface area (Å²) in [6.07, 6.45) is 3.09. The highest BCUT2D eigenvalue weighted by Crippen LogP contribution is 2.26. The van der Waals surface area contributed by atoms with Crippen molar-refractivity contribution in [3.63, 3.8) is 0 Å². The first-order valence-electron chi connectivity index (χ1n) is 9.56. The van der Waals surface area contributed by atoms with Gasteiger partial charge in [-0.3, -0.25) is 19.3 Å². The second kappa shape index (κ2) is 8.92. The van der Waals surface area contributed by atoms with Gasteiger partial charge >= 0.3 is 0 Å². The van der Waals surface area contributed by atoms with Crippen LogP contribution in [0.5, 0.6) is 0 Å². The molecule has 150 valence electrons. The van der Waals surface area contributed by atoms with Gasteiger partial charge in [0, 0.05) is 35.2 Å². The van der Waals surface area contributed by atoms with Crippen molar-refractivity contribution in [2.75, 3.05) is 10.2 Å². The summed E-state index contributed by atoms with van der Waals surface area (Å²) in [7, 11) is 0. The number of hydrogen-bond donors (Lipinski definition) is 1. The van der Waals surface area contributed by atoms with E-state index in [4.69, 9.17) is 0 Å². The molecule has 30 heavy (non-hydrogen) atoms. The van der Waals surface area contributed by atoms with Crippen LogP contribution in [0.25, 0.3) is 0 Å². The van der Waals surface area contributed by atoms with E-state index in [9.17, 15) is 14.4 Å². The van der Waals surface area contributed by atoms with Crippen molar-refractivity contribution in [2.45, 2.75) is 29.2 Å². The van der Waals surface area contributed by atoms with Crippen LogP contribution in [0.4, 0.5) is 11.4 Å². The minimum atomic E-state index is -0.234. The molecule has 7 heteroatoms. The number of benzene rings is 2. The second-order valence-corrected chi connectivity index (χ2v) is 7.87. The number of carbonyl (C=O) groups excluding carboxylic acids is 3. The number of anilines is 2. The average Bonchev–Trinajstić information content (AvgIpc) is 2.76. The van der Waals surface area contributed by atoms with Crippen LogP contribution in [0.15, 0.2) is 82.8 Å². The second-order valence-electron chi connectivity index (χ2n) is 6.77. The molecule has 0 saturated carbocycles. The highest BCUT2D eigenvalue weighted by Gasteiger charge is 2.27. The summed E-state index contributed by atoms with van der Waals surface area (Å²) in [5, 5.41) is 3.72. The molecule has 0 spiro atoms. The van der Waals surface area contributed by atoms with E-state index in [0.717, 1.165) is 9.92 Å². The van der Waals surface area contributed by atoms with Gasteiger partial charge in [0.2, 0.25) is 11.8 Å². The Morgan fingerprint density at radius 3 is 2.23 bits per heavy atom. The number of hydrogen-bond acceptors (Lipinski definition) is 5. The normalized spacial score (nSPS) is 13.9. The van der Waals surface area contributed by atoms with Crippen molar-refractivity contribution in [1.82, 2.24) is 4.98 Å². The summed E-state index contributed by atoms with van der Waals surface area (Å²) in [4.78, 5) is 43.1. The molecule has 2 aromatic carbocycles. The van der Waals surface area contributed by atoms with E-state index in [1.165, 1.54) is 16.7 Å². The zero-order chi connectivity index (χ0) is 20.9. The number of piperidine rings is 1. The Bertz CT molecular complexity index is 1050. The van der Waals surface area contributed by atoms with Gasteiger partial charge in [-0.15, -0.1) is 0 Å². The van der Waals surface area contributed by atoms with Crippen LogP contribution < -0.4 is 10.2 Å². The number of nitrogens with one attached hydrogen (secondary N) is 1. The molecule has 4 rings (SSSR count). The van der Waals surface area contributed by atoms with Gasteiger partial charge in [-0.25, -0.2) is 4.98 Å². The number of amides is 3. The molecule has 2 heterocycles. The van der Waals surface area contributed by atoms with Crippen LogP contribution >= 0.6 is 11.8 Å². The number of pyridine rings is 1. The lowest BCUT2D eigenvalue weighted by atomic mass is 10.1. The van der Waals surface area contributed by atoms with Gasteiger partial charge in [0.1, 0.15) is 5.03 Å². The molecule has 1 N–H and O–H groups in total. The minimum Gasteiger partial charge on any atom is -0.322 e. The molecular formula is C23H19N3O3S. The molecule has 0 unspecified atom stereocenters. The third-order valence-electron chi connectivity index (χ3n) is 4.64. The van der Waals surface area contributed by atoms with Crippen molar-refractivity contribution >= 4 is 40.9 Å². The first-order valence-corrected chi connectivity index (χ1v) is 10.4. The number of nitrogens with zero attached hydrogens (tertiary/aromatic N) is 2. The molecule has 3 amide bonds.